The van der Waals surface area contributed by atoms with Crippen molar-refractivity contribution < 1.29 is 0 Å². The highest BCUT2D eigenvalue weighted by atomic mass is 14.5. The third-order valence-electron chi connectivity index (χ3n) is 6.89. The third-order valence-corrected chi connectivity index (χ3v) is 6.89. The van der Waals surface area contributed by atoms with E-state index >= 15 is 0 Å². The van der Waals surface area contributed by atoms with Crippen molar-refractivity contribution in [3.05, 3.63) is 125 Å². The van der Waals surface area contributed by atoms with E-state index in [2.05, 4.69) is 111 Å². The largest absolute Gasteiger partial charge is 0.326 e. The zero-order valence-corrected chi connectivity index (χ0v) is 19.9. The Morgan fingerprint density at radius 2 is 1.76 bits per heavy atom. The van der Waals surface area contributed by atoms with E-state index < -0.39 is 0 Å². The summed E-state index contributed by atoms with van der Waals surface area (Å²) in [6, 6.07) is 28.4. The van der Waals surface area contributed by atoms with Crippen LogP contribution in [0.3, 0.4) is 0 Å². The number of fused-ring (bicyclic) bond motifs is 3. The number of hydrogen-bond donors (Lipinski definition) is 1. The van der Waals surface area contributed by atoms with Gasteiger partial charge in [-0.05, 0) is 98.3 Å². The highest BCUT2D eigenvalue weighted by Gasteiger charge is 2.16. The van der Waals surface area contributed by atoms with Gasteiger partial charge in [0.15, 0.2) is 0 Å². The van der Waals surface area contributed by atoms with Crippen LogP contribution >= 0.6 is 0 Å². The topological polar surface area (TPSA) is 26.0 Å². The van der Waals surface area contributed by atoms with Crippen molar-refractivity contribution in [1.82, 2.24) is 0 Å². The lowest BCUT2D eigenvalue weighted by atomic mass is 9.85. The maximum absolute atomic E-state index is 6.33. The maximum Gasteiger partial charge on any atom is 0.0184 e. The molecule has 0 spiro atoms. The van der Waals surface area contributed by atoms with Gasteiger partial charge in [-0.2, -0.15) is 0 Å². The van der Waals surface area contributed by atoms with Gasteiger partial charge >= 0.3 is 0 Å². The Labute approximate surface area is 203 Å². The first-order valence-electron chi connectivity index (χ1n) is 12.2. The second-order valence-electron chi connectivity index (χ2n) is 9.01. The van der Waals surface area contributed by atoms with Gasteiger partial charge in [-0.3, -0.25) is 0 Å². The lowest BCUT2D eigenvalue weighted by molar-refractivity contribution is 0.982. The highest BCUT2D eigenvalue weighted by Crippen LogP contribution is 2.35. The maximum atomic E-state index is 6.33. The van der Waals surface area contributed by atoms with Crippen molar-refractivity contribution >= 4 is 28.0 Å². The molecule has 34 heavy (non-hydrogen) atoms. The summed E-state index contributed by atoms with van der Waals surface area (Å²) in [6.07, 6.45) is 9.90. The third kappa shape index (κ3) is 4.27. The smallest absolute Gasteiger partial charge is 0.0184 e. The van der Waals surface area contributed by atoms with Gasteiger partial charge < -0.3 is 5.73 Å². The predicted molar refractivity (Wildman–Crippen MR) is 149 cm³/mol. The van der Waals surface area contributed by atoms with E-state index in [0.29, 0.717) is 6.54 Å². The molecule has 0 fully saturated rings. The molecular formula is C33H31N. The van der Waals surface area contributed by atoms with Gasteiger partial charge in [0.05, 0.1) is 0 Å². The number of rotatable bonds is 6. The van der Waals surface area contributed by atoms with Gasteiger partial charge in [-0.15, -0.1) is 0 Å². The van der Waals surface area contributed by atoms with Crippen molar-refractivity contribution in [3.8, 4) is 11.1 Å². The van der Waals surface area contributed by atoms with E-state index in [0.717, 1.165) is 36.0 Å². The molecule has 0 amide bonds. The SMILES string of the molecule is C=C(/C=C(\CN)c1cc2ccccc2c2c1CCC=C2)c1cccc(-c2ccc(CC)cc2)c1. The van der Waals surface area contributed by atoms with Gasteiger partial charge in [0.1, 0.15) is 0 Å². The number of hydrogen-bond acceptors (Lipinski definition) is 1. The summed E-state index contributed by atoms with van der Waals surface area (Å²) in [6.45, 7) is 7.09. The van der Waals surface area contributed by atoms with Crippen LogP contribution in [0.15, 0.2) is 97.6 Å². The Bertz CT molecular complexity index is 1420. The van der Waals surface area contributed by atoms with E-state index in [4.69, 9.17) is 5.73 Å². The Morgan fingerprint density at radius 3 is 2.56 bits per heavy atom. The molecule has 0 atom stereocenters. The van der Waals surface area contributed by atoms with E-state index in [-0.39, 0.29) is 0 Å². The van der Waals surface area contributed by atoms with Crippen LogP contribution < -0.4 is 5.73 Å². The standard InChI is InChI=1S/C33H31N/c1-3-24-15-17-25(18-16-24)27-11-8-10-26(20-27)23(2)19-29(22-34)33-21-28-9-4-5-12-30(28)31-13-6-7-14-32(31)33/h4-6,8-13,15-21H,2-3,7,14,22,34H2,1H3/b29-19+. The molecule has 0 heterocycles. The fourth-order valence-corrected chi connectivity index (χ4v) is 4.97. The molecule has 0 unspecified atom stereocenters. The fourth-order valence-electron chi connectivity index (χ4n) is 4.97. The number of nitrogens with two attached hydrogens (primary N) is 1. The summed E-state index contributed by atoms with van der Waals surface area (Å²) in [5.41, 5.74) is 17.4. The number of allylic oxidation sites excluding steroid dienone is 3. The molecule has 0 aliphatic heterocycles. The monoisotopic (exact) mass is 441 g/mol. The first-order valence-corrected chi connectivity index (χ1v) is 12.2. The van der Waals surface area contributed by atoms with E-state index in [1.807, 2.05) is 0 Å². The van der Waals surface area contributed by atoms with E-state index in [1.54, 1.807) is 0 Å². The van der Waals surface area contributed by atoms with Crippen molar-refractivity contribution in [3.63, 3.8) is 0 Å². The number of aryl methyl sites for hydroxylation is 1. The normalized spacial score (nSPS) is 13.2. The molecule has 0 radical (unpaired) electrons. The van der Waals surface area contributed by atoms with Crippen LogP contribution in [0.1, 0.15) is 41.2 Å². The molecule has 168 valence electrons. The minimum absolute atomic E-state index is 0.478. The lowest BCUT2D eigenvalue weighted by Crippen LogP contribution is -2.08. The summed E-state index contributed by atoms with van der Waals surface area (Å²) in [7, 11) is 0. The summed E-state index contributed by atoms with van der Waals surface area (Å²) in [5, 5.41) is 2.57. The summed E-state index contributed by atoms with van der Waals surface area (Å²) in [5.74, 6) is 0. The molecule has 4 aromatic carbocycles. The van der Waals surface area contributed by atoms with Crippen molar-refractivity contribution in [2.24, 2.45) is 5.73 Å². The summed E-state index contributed by atoms with van der Waals surface area (Å²) >= 11 is 0. The number of benzene rings is 4. The molecule has 1 aliphatic carbocycles. The molecule has 1 heteroatoms. The van der Waals surface area contributed by atoms with Crippen molar-refractivity contribution in [2.75, 3.05) is 6.54 Å². The zero-order chi connectivity index (χ0) is 23.5. The van der Waals surface area contributed by atoms with E-state index in [1.165, 1.54) is 44.2 Å². The van der Waals surface area contributed by atoms with Gasteiger partial charge in [0, 0.05) is 6.54 Å². The molecule has 4 aromatic rings. The highest BCUT2D eigenvalue weighted by molar-refractivity contribution is 5.97. The Morgan fingerprint density at radius 1 is 0.941 bits per heavy atom. The second kappa shape index (κ2) is 9.67. The average molecular weight is 442 g/mol. The molecule has 0 saturated carbocycles. The summed E-state index contributed by atoms with van der Waals surface area (Å²) in [4.78, 5) is 0. The minimum Gasteiger partial charge on any atom is -0.326 e. The van der Waals surface area contributed by atoms with Gasteiger partial charge in [-0.25, -0.2) is 0 Å². The fraction of sp³-hybridized carbons (Fsp3) is 0.152. The van der Waals surface area contributed by atoms with Crippen LogP contribution in [0.25, 0.3) is 39.1 Å². The lowest BCUT2D eigenvalue weighted by Gasteiger charge is -2.20. The average Bonchev–Trinajstić information content (AvgIpc) is 2.91. The predicted octanol–water partition coefficient (Wildman–Crippen LogP) is 8.08. The molecular weight excluding hydrogens is 410 g/mol. The molecule has 2 N–H and O–H groups in total. The molecule has 5 rings (SSSR count). The van der Waals surface area contributed by atoms with Gasteiger partial charge in [0.2, 0.25) is 0 Å². The van der Waals surface area contributed by atoms with Gasteiger partial charge in [0.25, 0.3) is 0 Å². The first-order chi connectivity index (χ1) is 16.7. The Hall–Kier alpha value is -3.68. The van der Waals surface area contributed by atoms with Crippen LogP contribution in [0.5, 0.6) is 0 Å². The zero-order valence-electron chi connectivity index (χ0n) is 19.9. The van der Waals surface area contributed by atoms with Crippen LogP contribution in [-0.4, -0.2) is 6.54 Å². The minimum atomic E-state index is 0.478. The molecule has 0 bridgehead atoms. The van der Waals surface area contributed by atoms with Crippen molar-refractivity contribution in [1.29, 1.82) is 0 Å². The van der Waals surface area contributed by atoms with Gasteiger partial charge in [-0.1, -0.05) is 92.4 Å². The molecule has 0 aromatic heterocycles. The molecule has 0 saturated heterocycles. The summed E-state index contributed by atoms with van der Waals surface area (Å²) < 4.78 is 0. The van der Waals surface area contributed by atoms with Crippen LogP contribution in [0.2, 0.25) is 0 Å². The van der Waals surface area contributed by atoms with Crippen LogP contribution in [-0.2, 0) is 12.8 Å². The van der Waals surface area contributed by atoms with E-state index in [9.17, 15) is 0 Å². The quantitative estimate of drug-likeness (QED) is 0.301. The van der Waals surface area contributed by atoms with Crippen LogP contribution in [0, 0.1) is 0 Å². The first kappa shape index (κ1) is 22.1. The Balaban J connectivity index is 1.54. The Kier molecular flexibility index (Phi) is 6.29. The molecule has 1 nitrogen and oxygen atoms in total. The molecule has 1 aliphatic rings. The van der Waals surface area contributed by atoms with Crippen LogP contribution in [0.4, 0.5) is 0 Å². The second-order valence-corrected chi connectivity index (χ2v) is 9.01. The van der Waals surface area contributed by atoms with Crippen molar-refractivity contribution in [2.45, 2.75) is 26.2 Å².